The van der Waals surface area contributed by atoms with Gasteiger partial charge in [-0.1, -0.05) is 42.5 Å². The molecule has 2 aromatic rings. The van der Waals surface area contributed by atoms with Crippen LogP contribution in [0, 0.1) is 5.82 Å². The van der Waals surface area contributed by atoms with Crippen molar-refractivity contribution in [2.24, 2.45) is 0 Å². The number of hydrogen-bond acceptors (Lipinski definition) is 2. The third-order valence-electron chi connectivity index (χ3n) is 4.97. The summed E-state index contributed by atoms with van der Waals surface area (Å²) in [5.74, 6) is -0.292. The summed E-state index contributed by atoms with van der Waals surface area (Å²) in [6, 6.07) is 14.4. The Balaban J connectivity index is 1.78. The van der Waals surface area contributed by atoms with Crippen LogP contribution in [0.5, 0.6) is 0 Å². The van der Waals surface area contributed by atoms with Gasteiger partial charge in [0.15, 0.2) is 0 Å². The molecule has 0 aromatic heterocycles. The molecule has 2 unspecified atom stereocenters. The second-order valence-corrected chi connectivity index (χ2v) is 6.41. The molecule has 0 N–H and O–H groups in total. The monoisotopic (exact) mass is 325 g/mol. The summed E-state index contributed by atoms with van der Waals surface area (Å²) in [4.78, 5) is 14.8. The smallest absolute Gasteiger partial charge is 0.252 e. The van der Waals surface area contributed by atoms with Crippen molar-refractivity contribution >= 4 is 5.91 Å². The highest BCUT2D eigenvalue weighted by atomic mass is 19.1. The van der Waals surface area contributed by atoms with Gasteiger partial charge in [-0.3, -0.25) is 4.79 Å². The Morgan fingerprint density at radius 2 is 1.83 bits per heavy atom. The number of carbonyl (C=O) groups excluding carboxylic acids is 1. The largest absolute Gasteiger partial charge is 0.368 e. The second-order valence-electron chi connectivity index (χ2n) is 6.41. The number of nitrogens with zero attached hydrogens (tertiary/aromatic N) is 1. The fourth-order valence-electron chi connectivity index (χ4n) is 3.79. The van der Waals surface area contributed by atoms with Crippen molar-refractivity contribution in [3.05, 3.63) is 71.0 Å². The quantitative estimate of drug-likeness (QED) is 0.846. The van der Waals surface area contributed by atoms with Gasteiger partial charge in [-0.25, -0.2) is 4.39 Å². The minimum absolute atomic E-state index is 0.0183. The lowest BCUT2D eigenvalue weighted by atomic mass is 9.87. The third-order valence-corrected chi connectivity index (χ3v) is 4.97. The molecular weight excluding hydrogens is 305 g/mol. The zero-order valence-electron chi connectivity index (χ0n) is 13.5. The Bertz CT molecular complexity index is 755. The molecule has 3 nitrogen and oxygen atoms in total. The van der Waals surface area contributed by atoms with E-state index >= 15 is 0 Å². The maximum absolute atomic E-state index is 14.5. The number of amides is 1. The molecule has 24 heavy (non-hydrogen) atoms. The molecule has 2 aromatic carbocycles. The number of fused-ring (bicyclic) bond motifs is 1. The van der Waals surface area contributed by atoms with Crippen LogP contribution in [0.2, 0.25) is 0 Å². The average Bonchev–Trinajstić information content (AvgIpc) is 3.15. The van der Waals surface area contributed by atoms with Crippen molar-refractivity contribution in [3.8, 4) is 0 Å². The van der Waals surface area contributed by atoms with Crippen molar-refractivity contribution in [1.29, 1.82) is 0 Å². The lowest BCUT2D eigenvalue weighted by Gasteiger charge is -2.39. The fraction of sp³-hybridized carbons (Fsp3) is 0.350. The van der Waals surface area contributed by atoms with Crippen LogP contribution in [-0.2, 0) is 16.0 Å². The van der Waals surface area contributed by atoms with E-state index in [0.29, 0.717) is 18.7 Å². The summed E-state index contributed by atoms with van der Waals surface area (Å²) in [7, 11) is 0. The Labute approximate surface area is 141 Å². The molecule has 0 aliphatic carbocycles. The number of ether oxygens (including phenoxy) is 1. The van der Waals surface area contributed by atoms with E-state index in [4.69, 9.17) is 4.74 Å². The van der Waals surface area contributed by atoms with Crippen molar-refractivity contribution in [3.63, 3.8) is 0 Å². The molecule has 1 fully saturated rings. The van der Waals surface area contributed by atoms with Gasteiger partial charge in [0, 0.05) is 18.7 Å². The molecule has 2 heterocycles. The molecule has 2 aliphatic rings. The van der Waals surface area contributed by atoms with Crippen LogP contribution in [0.1, 0.15) is 35.6 Å². The first-order chi connectivity index (χ1) is 11.8. The lowest BCUT2D eigenvalue weighted by molar-refractivity contribution is -0.143. The predicted molar refractivity (Wildman–Crippen MR) is 89.1 cm³/mol. The Morgan fingerprint density at radius 1 is 1.08 bits per heavy atom. The van der Waals surface area contributed by atoms with Crippen molar-refractivity contribution < 1.29 is 13.9 Å². The van der Waals surface area contributed by atoms with Gasteiger partial charge < -0.3 is 9.64 Å². The molecule has 2 aliphatic heterocycles. The number of hydrogen-bond donors (Lipinski definition) is 0. The Morgan fingerprint density at radius 3 is 2.58 bits per heavy atom. The topological polar surface area (TPSA) is 29.5 Å². The minimum Gasteiger partial charge on any atom is -0.368 e. The summed E-state index contributed by atoms with van der Waals surface area (Å²) in [6.07, 6.45) is 2.07. The van der Waals surface area contributed by atoms with Crippen LogP contribution in [0.4, 0.5) is 4.39 Å². The summed E-state index contributed by atoms with van der Waals surface area (Å²) in [5.41, 5.74) is 2.75. The maximum atomic E-state index is 14.5. The van der Waals surface area contributed by atoms with E-state index in [1.54, 1.807) is 17.0 Å². The average molecular weight is 325 g/mol. The third kappa shape index (κ3) is 2.61. The summed E-state index contributed by atoms with van der Waals surface area (Å²) >= 11 is 0. The molecule has 0 spiro atoms. The number of benzene rings is 2. The van der Waals surface area contributed by atoms with Gasteiger partial charge in [-0.05, 0) is 36.5 Å². The molecule has 4 rings (SSSR count). The summed E-state index contributed by atoms with van der Waals surface area (Å²) in [5, 5.41) is 0. The van der Waals surface area contributed by atoms with Crippen molar-refractivity contribution in [2.45, 2.75) is 31.4 Å². The van der Waals surface area contributed by atoms with Crippen LogP contribution in [0.3, 0.4) is 0 Å². The van der Waals surface area contributed by atoms with E-state index in [1.807, 2.05) is 24.3 Å². The lowest BCUT2D eigenvalue weighted by Crippen LogP contribution is -2.45. The van der Waals surface area contributed by atoms with Gasteiger partial charge in [0.1, 0.15) is 11.9 Å². The summed E-state index contributed by atoms with van der Waals surface area (Å²) in [6.45, 7) is 1.22. The molecule has 0 saturated carbocycles. The van der Waals surface area contributed by atoms with Gasteiger partial charge in [0.25, 0.3) is 5.91 Å². The van der Waals surface area contributed by atoms with Gasteiger partial charge >= 0.3 is 0 Å². The van der Waals surface area contributed by atoms with Gasteiger partial charge in [0.2, 0.25) is 0 Å². The standard InChI is InChI=1S/C20H20FNO2/c21-17-9-4-3-8-16(17)19-15-7-2-1-6-14(15)11-12-22(19)20(23)18-10-5-13-24-18/h1-4,6-9,18-19H,5,10-13H2. The normalized spacial score (nSPS) is 23.1. The van der Waals surface area contributed by atoms with E-state index in [2.05, 4.69) is 6.07 Å². The van der Waals surface area contributed by atoms with Crippen LogP contribution >= 0.6 is 0 Å². The summed E-state index contributed by atoms with van der Waals surface area (Å²) < 4.78 is 20.1. The minimum atomic E-state index is -0.385. The van der Waals surface area contributed by atoms with Crippen LogP contribution in [0.25, 0.3) is 0 Å². The molecule has 4 heteroatoms. The number of rotatable bonds is 2. The van der Waals surface area contributed by atoms with Crippen molar-refractivity contribution in [1.82, 2.24) is 4.90 Å². The Hall–Kier alpha value is -2.20. The molecule has 2 atom stereocenters. The van der Waals surface area contributed by atoms with Gasteiger partial charge in [0.05, 0.1) is 6.04 Å². The van der Waals surface area contributed by atoms with Crippen LogP contribution in [0.15, 0.2) is 48.5 Å². The fourth-order valence-corrected chi connectivity index (χ4v) is 3.79. The highest BCUT2D eigenvalue weighted by Crippen LogP contribution is 2.37. The first-order valence-corrected chi connectivity index (χ1v) is 8.50. The van der Waals surface area contributed by atoms with Crippen LogP contribution in [-0.4, -0.2) is 30.1 Å². The van der Waals surface area contributed by atoms with E-state index < -0.39 is 0 Å². The molecule has 1 amide bonds. The number of carbonyl (C=O) groups is 1. The predicted octanol–water partition coefficient (Wildman–Crippen LogP) is 3.48. The second kappa shape index (κ2) is 6.36. The molecular formula is C20H20FNO2. The Kier molecular flexibility index (Phi) is 4.07. The first kappa shape index (κ1) is 15.3. The molecule has 0 bridgehead atoms. The molecule has 1 saturated heterocycles. The molecule has 0 radical (unpaired) electrons. The SMILES string of the molecule is O=C(C1CCCO1)N1CCc2ccccc2C1c1ccccc1F. The van der Waals surface area contributed by atoms with Crippen LogP contribution < -0.4 is 0 Å². The highest BCUT2D eigenvalue weighted by Gasteiger charge is 2.37. The van der Waals surface area contributed by atoms with E-state index in [1.165, 1.54) is 11.6 Å². The van der Waals surface area contributed by atoms with Gasteiger partial charge in [-0.15, -0.1) is 0 Å². The zero-order chi connectivity index (χ0) is 16.5. The highest BCUT2D eigenvalue weighted by molar-refractivity contribution is 5.82. The van der Waals surface area contributed by atoms with Gasteiger partial charge in [-0.2, -0.15) is 0 Å². The maximum Gasteiger partial charge on any atom is 0.252 e. The van der Waals surface area contributed by atoms with E-state index in [-0.39, 0.29) is 23.9 Å². The zero-order valence-corrected chi connectivity index (χ0v) is 13.5. The van der Waals surface area contributed by atoms with E-state index in [9.17, 15) is 9.18 Å². The first-order valence-electron chi connectivity index (χ1n) is 8.50. The molecule has 124 valence electrons. The number of halogens is 1. The van der Waals surface area contributed by atoms with E-state index in [0.717, 1.165) is 24.8 Å². The van der Waals surface area contributed by atoms with Crippen molar-refractivity contribution in [2.75, 3.05) is 13.2 Å².